The summed E-state index contributed by atoms with van der Waals surface area (Å²) in [6.45, 7) is 8.00. The molecule has 0 radical (unpaired) electrons. The van der Waals surface area contributed by atoms with Crippen molar-refractivity contribution in [2.24, 2.45) is 0 Å². The Labute approximate surface area is 157 Å². The number of carbonyl (C=O) groups is 1. The smallest absolute Gasteiger partial charge is 0.222 e. The second-order valence-electron chi connectivity index (χ2n) is 6.40. The highest BCUT2D eigenvalue weighted by molar-refractivity contribution is 7.12. The number of hydrogen-bond donors (Lipinski definition) is 0. The van der Waals surface area contributed by atoms with Crippen molar-refractivity contribution in [3.05, 3.63) is 57.0 Å². The first kappa shape index (κ1) is 18.3. The van der Waals surface area contributed by atoms with Crippen LogP contribution < -0.4 is 0 Å². The average molecular weight is 369 g/mol. The molecule has 0 spiro atoms. The van der Waals surface area contributed by atoms with Gasteiger partial charge in [-0.05, 0) is 54.5 Å². The highest BCUT2D eigenvalue weighted by Crippen LogP contribution is 2.33. The number of benzene rings is 1. The van der Waals surface area contributed by atoms with Crippen molar-refractivity contribution in [2.75, 3.05) is 7.05 Å². The predicted octanol–water partition coefficient (Wildman–Crippen LogP) is 3.61. The van der Waals surface area contributed by atoms with Crippen LogP contribution >= 0.6 is 11.3 Å². The molecular weight excluding hydrogens is 346 g/mol. The van der Waals surface area contributed by atoms with E-state index in [1.54, 1.807) is 20.9 Å². The molecule has 0 aliphatic rings. The lowest BCUT2D eigenvalue weighted by Gasteiger charge is -2.26. The van der Waals surface area contributed by atoms with E-state index in [0.29, 0.717) is 12.2 Å². The number of aryl methyl sites for hydroxylation is 3. The summed E-state index contributed by atoms with van der Waals surface area (Å²) in [6.07, 6.45) is 0.433. The van der Waals surface area contributed by atoms with Gasteiger partial charge in [0.05, 0.1) is 5.69 Å². The van der Waals surface area contributed by atoms with Crippen LogP contribution in [0, 0.1) is 20.8 Å². The van der Waals surface area contributed by atoms with Crippen molar-refractivity contribution in [3.63, 3.8) is 0 Å². The van der Waals surface area contributed by atoms with Crippen LogP contribution in [0.1, 0.15) is 46.1 Å². The Morgan fingerprint density at radius 2 is 1.88 bits per heavy atom. The van der Waals surface area contributed by atoms with Crippen molar-refractivity contribution in [3.8, 4) is 5.69 Å². The fraction of sp³-hybridized carbons (Fsp3) is 0.368. The Bertz CT molecular complexity index is 909. The molecule has 0 saturated heterocycles. The fourth-order valence-electron chi connectivity index (χ4n) is 3.15. The van der Waals surface area contributed by atoms with Gasteiger partial charge in [-0.15, -0.1) is 16.4 Å². The maximum atomic E-state index is 12.5. The lowest BCUT2D eigenvalue weighted by Crippen LogP contribution is -2.32. The third-order valence-electron chi connectivity index (χ3n) is 4.50. The largest absolute Gasteiger partial charge is 0.330 e. The minimum atomic E-state index is -0.324. The van der Waals surface area contributed by atoms with Gasteiger partial charge in [0, 0.05) is 23.2 Å². The van der Waals surface area contributed by atoms with Gasteiger partial charge in [-0.25, -0.2) is 0 Å². The van der Waals surface area contributed by atoms with Gasteiger partial charge in [-0.1, -0.05) is 25.1 Å². The molecule has 2 aromatic heterocycles. The molecule has 6 nitrogen and oxygen atoms in total. The van der Waals surface area contributed by atoms with Crippen LogP contribution in [0.3, 0.4) is 0 Å². The van der Waals surface area contributed by atoms with E-state index in [-0.39, 0.29) is 11.9 Å². The SMILES string of the molecule is CCC(=O)N(C)C(c1ccc(C)s1)c1nnnn1-c1c(C)cccc1C. The van der Waals surface area contributed by atoms with Crippen molar-refractivity contribution >= 4 is 17.2 Å². The molecule has 1 aromatic carbocycles. The number of thiophene rings is 1. The number of para-hydroxylation sites is 1. The van der Waals surface area contributed by atoms with Crippen molar-refractivity contribution < 1.29 is 4.79 Å². The molecule has 3 aromatic rings. The van der Waals surface area contributed by atoms with Crippen molar-refractivity contribution in [1.29, 1.82) is 0 Å². The first-order valence-electron chi connectivity index (χ1n) is 8.60. The molecule has 1 atom stereocenters. The van der Waals surface area contributed by atoms with Crippen LogP contribution in [0.15, 0.2) is 30.3 Å². The molecule has 0 fully saturated rings. The summed E-state index contributed by atoms with van der Waals surface area (Å²) in [7, 11) is 1.81. The van der Waals surface area contributed by atoms with E-state index in [9.17, 15) is 4.79 Å². The van der Waals surface area contributed by atoms with Crippen LogP contribution in [0.25, 0.3) is 5.69 Å². The van der Waals surface area contributed by atoms with E-state index in [0.717, 1.165) is 21.7 Å². The molecule has 3 rings (SSSR count). The van der Waals surface area contributed by atoms with Crippen LogP contribution in [0.2, 0.25) is 0 Å². The summed E-state index contributed by atoms with van der Waals surface area (Å²) in [5, 5.41) is 12.5. The maximum absolute atomic E-state index is 12.5. The van der Waals surface area contributed by atoms with Crippen LogP contribution in [-0.2, 0) is 4.79 Å². The summed E-state index contributed by atoms with van der Waals surface area (Å²) in [5.74, 6) is 0.700. The van der Waals surface area contributed by atoms with Gasteiger partial charge in [-0.2, -0.15) is 4.68 Å². The lowest BCUT2D eigenvalue weighted by molar-refractivity contribution is -0.131. The molecular formula is C19H23N5OS. The summed E-state index contributed by atoms with van der Waals surface area (Å²) in [5.41, 5.74) is 3.14. The summed E-state index contributed by atoms with van der Waals surface area (Å²) in [6, 6.07) is 9.89. The minimum absolute atomic E-state index is 0.0529. The van der Waals surface area contributed by atoms with E-state index in [2.05, 4.69) is 28.5 Å². The molecule has 0 saturated carbocycles. The zero-order chi connectivity index (χ0) is 18.8. The Balaban J connectivity index is 2.18. The van der Waals surface area contributed by atoms with Gasteiger partial charge in [0.1, 0.15) is 6.04 Å². The van der Waals surface area contributed by atoms with Gasteiger partial charge >= 0.3 is 0 Å². The first-order chi connectivity index (χ1) is 12.4. The summed E-state index contributed by atoms with van der Waals surface area (Å²) in [4.78, 5) is 16.4. The standard InChI is InChI=1S/C19H23N5OS/c1-6-16(25)23(5)18(15-11-10-14(4)26-15)19-20-21-22-24(19)17-12(2)8-7-9-13(17)3/h7-11,18H,6H2,1-5H3. The van der Waals surface area contributed by atoms with Gasteiger partial charge in [0.2, 0.25) is 5.91 Å². The molecule has 2 heterocycles. The predicted molar refractivity (Wildman–Crippen MR) is 103 cm³/mol. The first-order valence-corrected chi connectivity index (χ1v) is 9.42. The van der Waals surface area contributed by atoms with Crippen molar-refractivity contribution in [1.82, 2.24) is 25.1 Å². The van der Waals surface area contributed by atoms with Gasteiger partial charge in [0.25, 0.3) is 0 Å². The third kappa shape index (κ3) is 3.26. The van der Waals surface area contributed by atoms with Crippen LogP contribution in [0.5, 0.6) is 0 Å². The third-order valence-corrected chi connectivity index (χ3v) is 5.56. The monoisotopic (exact) mass is 369 g/mol. The molecule has 26 heavy (non-hydrogen) atoms. The Morgan fingerprint density at radius 3 is 2.46 bits per heavy atom. The molecule has 0 bridgehead atoms. The number of hydrogen-bond acceptors (Lipinski definition) is 5. The zero-order valence-electron chi connectivity index (χ0n) is 15.7. The van der Waals surface area contributed by atoms with Gasteiger partial charge in [0.15, 0.2) is 5.82 Å². The second-order valence-corrected chi connectivity index (χ2v) is 7.72. The van der Waals surface area contributed by atoms with Gasteiger partial charge in [-0.3, -0.25) is 4.79 Å². The van der Waals surface area contributed by atoms with Gasteiger partial charge < -0.3 is 4.90 Å². The molecule has 7 heteroatoms. The number of carbonyl (C=O) groups excluding carboxylic acids is 1. The van der Waals surface area contributed by atoms with E-state index < -0.39 is 0 Å². The van der Waals surface area contributed by atoms with Crippen LogP contribution in [0.4, 0.5) is 0 Å². The number of rotatable bonds is 5. The molecule has 1 amide bonds. The topological polar surface area (TPSA) is 63.9 Å². The Morgan fingerprint density at radius 1 is 1.19 bits per heavy atom. The molecule has 136 valence electrons. The zero-order valence-corrected chi connectivity index (χ0v) is 16.5. The summed E-state index contributed by atoms with van der Waals surface area (Å²) < 4.78 is 1.77. The number of nitrogens with zero attached hydrogens (tertiary/aromatic N) is 5. The molecule has 0 aliphatic heterocycles. The summed E-state index contributed by atoms with van der Waals surface area (Å²) >= 11 is 1.66. The highest BCUT2D eigenvalue weighted by atomic mass is 32.1. The highest BCUT2D eigenvalue weighted by Gasteiger charge is 2.30. The molecule has 0 N–H and O–H groups in total. The van der Waals surface area contributed by atoms with Crippen LogP contribution in [-0.4, -0.2) is 38.1 Å². The quantitative estimate of drug-likeness (QED) is 0.689. The van der Waals surface area contributed by atoms with E-state index in [4.69, 9.17) is 0 Å². The Hall–Kier alpha value is -2.54. The number of amides is 1. The van der Waals surface area contributed by atoms with E-state index in [1.807, 2.05) is 52.1 Å². The second kappa shape index (κ2) is 7.37. The van der Waals surface area contributed by atoms with E-state index in [1.165, 1.54) is 4.88 Å². The van der Waals surface area contributed by atoms with E-state index >= 15 is 0 Å². The minimum Gasteiger partial charge on any atom is -0.330 e. The molecule has 0 aliphatic carbocycles. The van der Waals surface area contributed by atoms with Crippen molar-refractivity contribution in [2.45, 2.75) is 40.2 Å². The number of aromatic nitrogens is 4. The Kier molecular flexibility index (Phi) is 5.18. The average Bonchev–Trinajstić information content (AvgIpc) is 3.24. The number of tetrazole rings is 1. The lowest BCUT2D eigenvalue weighted by atomic mass is 10.1. The normalized spacial score (nSPS) is 12.2. The molecule has 1 unspecified atom stereocenters. The fourth-order valence-corrected chi connectivity index (χ4v) is 4.17. The maximum Gasteiger partial charge on any atom is 0.222 e.